The number of rotatable bonds is 6. The van der Waals surface area contributed by atoms with Crippen molar-refractivity contribution in [2.45, 2.75) is 13.0 Å². The lowest BCUT2D eigenvalue weighted by molar-refractivity contribution is 0.0996. The highest BCUT2D eigenvalue weighted by atomic mass is 16.5. The van der Waals surface area contributed by atoms with E-state index in [0.29, 0.717) is 41.0 Å². The van der Waals surface area contributed by atoms with Crippen LogP contribution in [0.15, 0.2) is 42.7 Å². The molecule has 0 saturated carbocycles. The van der Waals surface area contributed by atoms with Crippen LogP contribution in [0.1, 0.15) is 22.5 Å². The maximum absolute atomic E-state index is 13.0. The molecule has 9 heteroatoms. The van der Waals surface area contributed by atoms with E-state index < -0.39 is 0 Å². The number of methoxy groups -OCH3 is 2. The van der Waals surface area contributed by atoms with Gasteiger partial charge in [-0.1, -0.05) is 0 Å². The molecule has 33 heavy (non-hydrogen) atoms. The molecule has 3 aromatic heterocycles. The van der Waals surface area contributed by atoms with Crippen molar-refractivity contribution in [3.8, 4) is 22.9 Å². The Morgan fingerprint density at radius 1 is 1.12 bits per heavy atom. The zero-order chi connectivity index (χ0) is 22.9. The molecule has 1 saturated heterocycles. The standard InChI is InChI=1S/C24H25N5O4/c1-32-21-9-16(10-26-23(21)33-2)19-5-4-18-20(27-19)13-29(24(18)31)17-3-6-22(25-11-17)28-8-7-15(12-28)14-30/h3-6,9-11,15,30H,7-8,12-14H2,1-2H3. The third-order valence-corrected chi connectivity index (χ3v) is 6.20. The molecule has 3 aromatic rings. The van der Waals surface area contributed by atoms with Crippen LogP contribution in [0.25, 0.3) is 11.3 Å². The van der Waals surface area contributed by atoms with Gasteiger partial charge in [0, 0.05) is 37.4 Å². The Balaban J connectivity index is 1.36. The number of anilines is 2. The van der Waals surface area contributed by atoms with E-state index in [-0.39, 0.29) is 12.5 Å². The molecule has 1 N–H and O–H groups in total. The van der Waals surface area contributed by atoms with E-state index in [4.69, 9.17) is 14.5 Å². The summed E-state index contributed by atoms with van der Waals surface area (Å²) in [6, 6.07) is 9.28. The fourth-order valence-corrected chi connectivity index (χ4v) is 4.34. The molecule has 0 aliphatic carbocycles. The van der Waals surface area contributed by atoms with Crippen LogP contribution in [-0.2, 0) is 6.54 Å². The van der Waals surface area contributed by atoms with E-state index in [1.54, 1.807) is 30.5 Å². The fourth-order valence-electron chi connectivity index (χ4n) is 4.34. The van der Waals surface area contributed by atoms with Crippen molar-refractivity contribution < 1.29 is 19.4 Å². The SMILES string of the molecule is COc1cc(-c2ccc3c(n2)CN(c2ccc(N4CCC(CO)C4)nc2)C3=O)cnc1OC. The van der Waals surface area contributed by atoms with E-state index in [9.17, 15) is 9.90 Å². The molecule has 5 heterocycles. The minimum absolute atomic E-state index is 0.0921. The number of aliphatic hydroxyl groups excluding tert-OH is 1. The van der Waals surface area contributed by atoms with Crippen LogP contribution in [-0.4, -0.2) is 59.9 Å². The van der Waals surface area contributed by atoms with Crippen molar-refractivity contribution in [1.29, 1.82) is 0 Å². The average Bonchev–Trinajstić information content (AvgIpc) is 3.48. The summed E-state index contributed by atoms with van der Waals surface area (Å²) >= 11 is 0. The largest absolute Gasteiger partial charge is 0.491 e. The third kappa shape index (κ3) is 3.84. The monoisotopic (exact) mass is 447 g/mol. The second kappa shape index (κ2) is 8.67. The molecule has 1 fully saturated rings. The number of aromatic nitrogens is 3. The first-order valence-electron chi connectivity index (χ1n) is 10.8. The molecule has 1 amide bonds. The summed E-state index contributed by atoms with van der Waals surface area (Å²) < 4.78 is 10.5. The van der Waals surface area contributed by atoms with Gasteiger partial charge in [0.1, 0.15) is 5.82 Å². The van der Waals surface area contributed by atoms with Crippen LogP contribution in [0.4, 0.5) is 11.5 Å². The van der Waals surface area contributed by atoms with Crippen LogP contribution in [0.2, 0.25) is 0 Å². The first-order valence-corrected chi connectivity index (χ1v) is 10.8. The number of nitrogens with zero attached hydrogens (tertiary/aromatic N) is 5. The number of amides is 1. The van der Waals surface area contributed by atoms with Gasteiger partial charge in [-0.15, -0.1) is 0 Å². The number of carbonyl (C=O) groups excluding carboxylic acids is 1. The lowest BCUT2D eigenvalue weighted by atomic mass is 10.1. The summed E-state index contributed by atoms with van der Waals surface area (Å²) in [5.41, 5.74) is 3.51. The fraction of sp³-hybridized carbons (Fsp3) is 0.333. The molecule has 0 aromatic carbocycles. The zero-order valence-electron chi connectivity index (χ0n) is 18.6. The van der Waals surface area contributed by atoms with Gasteiger partial charge < -0.3 is 24.4 Å². The summed E-state index contributed by atoms with van der Waals surface area (Å²) in [6.07, 6.45) is 4.36. The summed E-state index contributed by atoms with van der Waals surface area (Å²) in [6.45, 7) is 2.25. The number of hydrogen-bond donors (Lipinski definition) is 1. The van der Waals surface area contributed by atoms with Crippen molar-refractivity contribution >= 4 is 17.4 Å². The van der Waals surface area contributed by atoms with Crippen molar-refractivity contribution in [3.05, 3.63) is 54.0 Å². The Labute approximate surface area is 191 Å². The van der Waals surface area contributed by atoms with Crippen LogP contribution < -0.4 is 19.3 Å². The summed E-state index contributed by atoms with van der Waals surface area (Å²) in [7, 11) is 3.10. The lowest BCUT2D eigenvalue weighted by Gasteiger charge is -2.19. The number of pyridine rings is 3. The van der Waals surface area contributed by atoms with Crippen molar-refractivity contribution in [1.82, 2.24) is 15.0 Å². The summed E-state index contributed by atoms with van der Waals surface area (Å²) in [4.78, 5) is 30.4. The van der Waals surface area contributed by atoms with Gasteiger partial charge in [0.15, 0.2) is 5.75 Å². The number of ether oxygens (including phenoxy) is 2. The van der Waals surface area contributed by atoms with E-state index in [1.807, 2.05) is 24.3 Å². The van der Waals surface area contributed by atoms with Crippen molar-refractivity contribution in [2.24, 2.45) is 5.92 Å². The normalized spacial score (nSPS) is 17.4. The highest BCUT2D eigenvalue weighted by Crippen LogP contribution is 2.33. The minimum atomic E-state index is -0.0921. The van der Waals surface area contributed by atoms with Crippen LogP contribution in [0.3, 0.4) is 0 Å². The maximum Gasteiger partial charge on any atom is 0.260 e. The molecule has 5 rings (SSSR count). The molecule has 0 radical (unpaired) electrons. The lowest BCUT2D eigenvalue weighted by Crippen LogP contribution is -2.24. The first-order chi connectivity index (χ1) is 16.1. The second-order valence-corrected chi connectivity index (χ2v) is 8.18. The predicted octanol–water partition coefficient (Wildman–Crippen LogP) is 2.53. The Morgan fingerprint density at radius 3 is 2.70 bits per heavy atom. The minimum Gasteiger partial charge on any atom is -0.491 e. The molecule has 0 spiro atoms. The third-order valence-electron chi connectivity index (χ3n) is 6.20. The molecule has 2 aliphatic heterocycles. The highest BCUT2D eigenvalue weighted by Gasteiger charge is 2.31. The Morgan fingerprint density at radius 2 is 2.00 bits per heavy atom. The molecular weight excluding hydrogens is 422 g/mol. The Bertz CT molecular complexity index is 1180. The molecule has 0 bridgehead atoms. The number of aliphatic hydroxyl groups is 1. The molecule has 1 unspecified atom stereocenters. The van der Waals surface area contributed by atoms with Gasteiger partial charge in [0.25, 0.3) is 11.8 Å². The topological polar surface area (TPSA) is 101 Å². The van der Waals surface area contributed by atoms with Gasteiger partial charge in [0.05, 0.1) is 49.6 Å². The van der Waals surface area contributed by atoms with Crippen LogP contribution in [0.5, 0.6) is 11.6 Å². The van der Waals surface area contributed by atoms with Gasteiger partial charge in [0.2, 0.25) is 0 Å². The van der Waals surface area contributed by atoms with Gasteiger partial charge in [-0.2, -0.15) is 0 Å². The molecule has 1 atom stereocenters. The van der Waals surface area contributed by atoms with E-state index in [2.05, 4.69) is 14.9 Å². The smallest absolute Gasteiger partial charge is 0.260 e. The van der Waals surface area contributed by atoms with Gasteiger partial charge >= 0.3 is 0 Å². The Kier molecular flexibility index (Phi) is 5.55. The Hall–Kier alpha value is -3.72. The average molecular weight is 447 g/mol. The quantitative estimate of drug-likeness (QED) is 0.615. The molecular formula is C24H25N5O4. The van der Waals surface area contributed by atoms with Gasteiger partial charge in [-0.3, -0.25) is 9.78 Å². The number of fused-ring (bicyclic) bond motifs is 1. The molecule has 170 valence electrons. The highest BCUT2D eigenvalue weighted by molar-refractivity contribution is 6.09. The van der Waals surface area contributed by atoms with E-state index in [1.165, 1.54) is 7.11 Å². The number of carbonyl (C=O) groups is 1. The van der Waals surface area contributed by atoms with Crippen molar-refractivity contribution in [3.63, 3.8) is 0 Å². The molecule has 9 nitrogen and oxygen atoms in total. The van der Waals surface area contributed by atoms with Crippen LogP contribution >= 0.6 is 0 Å². The van der Waals surface area contributed by atoms with Gasteiger partial charge in [-0.25, -0.2) is 9.97 Å². The van der Waals surface area contributed by atoms with Crippen LogP contribution in [0, 0.1) is 5.92 Å². The number of hydrogen-bond acceptors (Lipinski definition) is 8. The predicted molar refractivity (Wildman–Crippen MR) is 123 cm³/mol. The molecule has 2 aliphatic rings. The second-order valence-electron chi connectivity index (χ2n) is 8.18. The van der Waals surface area contributed by atoms with Gasteiger partial charge in [-0.05, 0) is 36.8 Å². The maximum atomic E-state index is 13.0. The van der Waals surface area contributed by atoms with E-state index in [0.717, 1.165) is 36.6 Å². The van der Waals surface area contributed by atoms with Crippen molar-refractivity contribution in [2.75, 3.05) is 43.7 Å². The zero-order valence-corrected chi connectivity index (χ0v) is 18.6. The summed E-state index contributed by atoms with van der Waals surface area (Å²) in [5, 5.41) is 9.36. The summed E-state index contributed by atoms with van der Waals surface area (Å²) in [5.74, 6) is 1.98. The first kappa shape index (κ1) is 21.1. The van der Waals surface area contributed by atoms with E-state index >= 15 is 0 Å².